The van der Waals surface area contributed by atoms with Gasteiger partial charge in [-0.3, -0.25) is 0 Å². The normalized spacial score (nSPS) is 10.5. The van der Waals surface area contributed by atoms with Crippen LogP contribution in [-0.4, -0.2) is 21.9 Å². The molecule has 1 aromatic carbocycles. The summed E-state index contributed by atoms with van der Waals surface area (Å²) in [5, 5.41) is 18.5. The second-order valence-electron chi connectivity index (χ2n) is 2.93. The third-order valence-corrected chi connectivity index (χ3v) is 2.01. The monoisotopic (exact) mass is 174 g/mol. The standard InChI is InChI=1S/C10H10N2O/c13-4-3-8-1-2-9-6-11-12-7-10(9)5-8/h1-2,5-7,13H,3-4H2. The lowest BCUT2D eigenvalue weighted by Gasteiger charge is -1.99. The van der Waals surface area contributed by atoms with E-state index in [1.54, 1.807) is 12.4 Å². The molecule has 0 fully saturated rings. The Hall–Kier alpha value is -1.48. The highest BCUT2D eigenvalue weighted by Gasteiger charge is 1.95. The second kappa shape index (κ2) is 3.49. The molecular weight excluding hydrogens is 164 g/mol. The van der Waals surface area contributed by atoms with Gasteiger partial charge in [0.2, 0.25) is 0 Å². The van der Waals surface area contributed by atoms with Crippen molar-refractivity contribution in [3.05, 3.63) is 36.2 Å². The number of fused-ring (bicyclic) bond motifs is 1. The van der Waals surface area contributed by atoms with Crippen molar-refractivity contribution < 1.29 is 5.11 Å². The van der Waals surface area contributed by atoms with E-state index in [0.717, 1.165) is 16.3 Å². The summed E-state index contributed by atoms with van der Waals surface area (Å²) in [5.74, 6) is 0. The SMILES string of the molecule is OCCc1ccc2cnncc2c1. The molecule has 2 aromatic rings. The summed E-state index contributed by atoms with van der Waals surface area (Å²) in [6.07, 6.45) is 4.16. The van der Waals surface area contributed by atoms with Crippen LogP contribution in [-0.2, 0) is 6.42 Å². The fraction of sp³-hybridized carbons (Fsp3) is 0.200. The Morgan fingerprint density at radius 1 is 1.08 bits per heavy atom. The molecule has 0 saturated carbocycles. The van der Waals surface area contributed by atoms with Gasteiger partial charge in [-0.05, 0) is 18.1 Å². The summed E-state index contributed by atoms with van der Waals surface area (Å²) >= 11 is 0. The molecule has 0 saturated heterocycles. The number of nitrogens with zero attached hydrogens (tertiary/aromatic N) is 2. The second-order valence-corrected chi connectivity index (χ2v) is 2.93. The fourth-order valence-electron chi connectivity index (χ4n) is 1.33. The largest absolute Gasteiger partial charge is 0.396 e. The molecule has 3 nitrogen and oxygen atoms in total. The average Bonchev–Trinajstić information content (AvgIpc) is 2.18. The van der Waals surface area contributed by atoms with E-state index >= 15 is 0 Å². The van der Waals surface area contributed by atoms with Crippen LogP contribution < -0.4 is 0 Å². The smallest absolute Gasteiger partial charge is 0.0574 e. The van der Waals surface area contributed by atoms with Gasteiger partial charge in [0.15, 0.2) is 0 Å². The zero-order chi connectivity index (χ0) is 9.10. The molecular formula is C10H10N2O. The molecule has 1 heterocycles. The molecule has 0 atom stereocenters. The molecule has 0 unspecified atom stereocenters. The van der Waals surface area contributed by atoms with E-state index in [9.17, 15) is 0 Å². The predicted octanol–water partition coefficient (Wildman–Crippen LogP) is 1.16. The van der Waals surface area contributed by atoms with Crippen LogP contribution in [0.25, 0.3) is 10.8 Å². The van der Waals surface area contributed by atoms with Crippen molar-refractivity contribution in [3.8, 4) is 0 Å². The summed E-state index contributed by atoms with van der Waals surface area (Å²) in [5.41, 5.74) is 1.13. The number of aromatic nitrogens is 2. The van der Waals surface area contributed by atoms with Crippen LogP contribution in [0.1, 0.15) is 5.56 Å². The van der Waals surface area contributed by atoms with Crippen LogP contribution in [0, 0.1) is 0 Å². The Morgan fingerprint density at radius 3 is 2.62 bits per heavy atom. The molecule has 0 amide bonds. The van der Waals surface area contributed by atoms with Crippen LogP contribution in [0.3, 0.4) is 0 Å². The zero-order valence-electron chi connectivity index (χ0n) is 7.14. The lowest BCUT2D eigenvalue weighted by molar-refractivity contribution is 0.299. The topological polar surface area (TPSA) is 46.0 Å². The molecule has 0 spiro atoms. The number of aliphatic hydroxyl groups excluding tert-OH is 1. The van der Waals surface area contributed by atoms with Crippen LogP contribution >= 0.6 is 0 Å². The molecule has 1 aromatic heterocycles. The van der Waals surface area contributed by atoms with Crippen LogP contribution in [0.2, 0.25) is 0 Å². The van der Waals surface area contributed by atoms with Gasteiger partial charge in [0, 0.05) is 17.4 Å². The highest BCUT2D eigenvalue weighted by atomic mass is 16.2. The van der Waals surface area contributed by atoms with Crippen molar-refractivity contribution in [3.63, 3.8) is 0 Å². The number of hydrogen-bond acceptors (Lipinski definition) is 3. The fourth-order valence-corrected chi connectivity index (χ4v) is 1.33. The quantitative estimate of drug-likeness (QED) is 0.743. The summed E-state index contributed by atoms with van der Waals surface area (Å²) in [6, 6.07) is 6.02. The molecule has 2 rings (SSSR count). The maximum Gasteiger partial charge on any atom is 0.0574 e. The highest BCUT2D eigenvalue weighted by molar-refractivity contribution is 5.81. The van der Waals surface area contributed by atoms with Crippen molar-refractivity contribution in [1.82, 2.24) is 10.2 Å². The number of hydrogen-bond donors (Lipinski definition) is 1. The van der Waals surface area contributed by atoms with E-state index in [-0.39, 0.29) is 6.61 Å². The van der Waals surface area contributed by atoms with Gasteiger partial charge in [0.1, 0.15) is 0 Å². The summed E-state index contributed by atoms with van der Waals surface area (Å²) in [7, 11) is 0. The average molecular weight is 174 g/mol. The Kier molecular flexibility index (Phi) is 2.19. The van der Waals surface area contributed by atoms with E-state index in [4.69, 9.17) is 5.11 Å². The molecule has 66 valence electrons. The maximum atomic E-state index is 8.76. The van der Waals surface area contributed by atoms with Gasteiger partial charge in [-0.2, -0.15) is 10.2 Å². The molecule has 0 aliphatic rings. The van der Waals surface area contributed by atoms with Gasteiger partial charge >= 0.3 is 0 Å². The molecule has 0 radical (unpaired) electrons. The van der Waals surface area contributed by atoms with Gasteiger partial charge in [-0.25, -0.2) is 0 Å². The van der Waals surface area contributed by atoms with E-state index in [1.807, 2.05) is 18.2 Å². The first-order valence-corrected chi connectivity index (χ1v) is 4.20. The third kappa shape index (κ3) is 1.65. The minimum Gasteiger partial charge on any atom is -0.396 e. The maximum absolute atomic E-state index is 8.76. The van der Waals surface area contributed by atoms with Gasteiger partial charge in [0.25, 0.3) is 0 Å². The Bertz CT molecular complexity index is 414. The van der Waals surface area contributed by atoms with E-state index in [2.05, 4.69) is 10.2 Å². The van der Waals surface area contributed by atoms with Crippen molar-refractivity contribution in [2.75, 3.05) is 6.61 Å². The van der Waals surface area contributed by atoms with Crippen LogP contribution in [0.15, 0.2) is 30.6 Å². The zero-order valence-corrected chi connectivity index (χ0v) is 7.14. The number of aliphatic hydroxyl groups is 1. The summed E-state index contributed by atoms with van der Waals surface area (Å²) in [6.45, 7) is 0.185. The van der Waals surface area contributed by atoms with Gasteiger partial charge < -0.3 is 5.11 Å². The lowest BCUT2D eigenvalue weighted by Crippen LogP contribution is -1.90. The highest BCUT2D eigenvalue weighted by Crippen LogP contribution is 2.13. The Balaban J connectivity index is 2.49. The molecule has 1 N–H and O–H groups in total. The summed E-state index contributed by atoms with van der Waals surface area (Å²) < 4.78 is 0. The Labute approximate surface area is 76.0 Å². The van der Waals surface area contributed by atoms with Crippen molar-refractivity contribution in [2.45, 2.75) is 6.42 Å². The number of benzene rings is 1. The minimum atomic E-state index is 0.185. The van der Waals surface area contributed by atoms with Crippen molar-refractivity contribution in [1.29, 1.82) is 0 Å². The van der Waals surface area contributed by atoms with E-state index in [0.29, 0.717) is 6.42 Å². The summed E-state index contributed by atoms with van der Waals surface area (Å²) in [4.78, 5) is 0. The lowest BCUT2D eigenvalue weighted by atomic mass is 10.1. The van der Waals surface area contributed by atoms with Crippen molar-refractivity contribution >= 4 is 10.8 Å². The molecule has 0 aliphatic carbocycles. The van der Waals surface area contributed by atoms with Crippen molar-refractivity contribution in [2.24, 2.45) is 0 Å². The van der Waals surface area contributed by atoms with E-state index in [1.165, 1.54) is 0 Å². The third-order valence-electron chi connectivity index (χ3n) is 2.01. The molecule has 13 heavy (non-hydrogen) atoms. The first-order valence-electron chi connectivity index (χ1n) is 4.20. The molecule has 3 heteroatoms. The van der Waals surface area contributed by atoms with Crippen LogP contribution in [0.5, 0.6) is 0 Å². The predicted molar refractivity (Wildman–Crippen MR) is 50.3 cm³/mol. The van der Waals surface area contributed by atoms with Gasteiger partial charge in [-0.1, -0.05) is 12.1 Å². The first kappa shape index (κ1) is 8.13. The van der Waals surface area contributed by atoms with E-state index < -0.39 is 0 Å². The first-order chi connectivity index (χ1) is 6.40. The molecule has 0 bridgehead atoms. The van der Waals surface area contributed by atoms with Crippen LogP contribution in [0.4, 0.5) is 0 Å². The Morgan fingerprint density at radius 2 is 1.85 bits per heavy atom. The molecule has 0 aliphatic heterocycles. The number of rotatable bonds is 2. The minimum absolute atomic E-state index is 0.185. The van der Waals surface area contributed by atoms with Gasteiger partial charge in [-0.15, -0.1) is 0 Å². The van der Waals surface area contributed by atoms with Gasteiger partial charge in [0.05, 0.1) is 12.4 Å².